The van der Waals surface area contributed by atoms with Crippen LogP contribution in [0.4, 0.5) is 0 Å². The number of thioether (sulfide) groups is 1. The van der Waals surface area contributed by atoms with Crippen LogP contribution in [0.3, 0.4) is 0 Å². The van der Waals surface area contributed by atoms with Gasteiger partial charge in [0.2, 0.25) is 0 Å². The van der Waals surface area contributed by atoms with Crippen molar-refractivity contribution in [2.45, 2.75) is 30.7 Å². The molecule has 0 bridgehead atoms. The van der Waals surface area contributed by atoms with Crippen molar-refractivity contribution >= 4 is 11.8 Å². The van der Waals surface area contributed by atoms with Gasteiger partial charge in [0.1, 0.15) is 11.6 Å². The molecule has 5 nitrogen and oxygen atoms in total. The van der Waals surface area contributed by atoms with Gasteiger partial charge in [0, 0.05) is 5.75 Å². The van der Waals surface area contributed by atoms with Gasteiger partial charge < -0.3 is 4.98 Å². The van der Waals surface area contributed by atoms with Crippen LogP contribution in [0.25, 0.3) is 0 Å². The lowest BCUT2D eigenvalue weighted by atomic mass is 10.1. The number of hydrogen-bond donors (Lipinski definition) is 1. The van der Waals surface area contributed by atoms with Crippen molar-refractivity contribution in [3.63, 3.8) is 0 Å². The second kappa shape index (κ2) is 7.44. The molecule has 0 atom stereocenters. The monoisotopic (exact) mass is 310 g/mol. The minimum Gasteiger partial charge on any atom is -0.300 e. The third-order valence-corrected chi connectivity index (χ3v) is 4.00. The van der Waals surface area contributed by atoms with Crippen molar-refractivity contribution in [1.29, 1.82) is 10.5 Å². The fourth-order valence-electron chi connectivity index (χ4n) is 2.00. The SMILES string of the molecule is CCCc1nc(SCc2ccccc2C#N)[nH]c(=O)c1C#N. The molecule has 0 aliphatic heterocycles. The number of H-pyrrole nitrogens is 1. The number of rotatable bonds is 5. The Bertz CT molecular complexity index is 814. The lowest BCUT2D eigenvalue weighted by Crippen LogP contribution is -2.16. The van der Waals surface area contributed by atoms with Crippen molar-refractivity contribution in [3.8, 4) is 12.1 Å². The number of benzene rings is 1. The smallest absolute Gasteiger partial charge is 0.269 e. The molecule has 0 aliphatic carbocycles. The molecule has 0 fully saturated rings. The van der Waals surface area contributed by atoms with Crippen molar-refractivity contribution < 1.29 is 0 Å². The fraction of sp³-hybridized carbons (Fsp3) is 0.250. The minimum absolute atomic E-state index is 0.0867. The van der Waals surface area contributed by atoms with Crippen LogP contribution in [-0.2, 0) is 12.2 Å². The molecule has 1 N–H and O–H groups in total. The van der Waals surface area contributed by atoms with Crippen LogP contribution < -0.4 is 5.56 Å². The van der Waals surface area contributed by atoms with Gasteiger partial charge in [-0.3, -0.25) is 4.79 Å². The first-order chi connectivity index (χ1) is 10.7. The Labute approximate surface area is 132 Å². The van der Waals surface area contributed by atoms with E-state index in [2.05, 4.69) is 16.0 Å². The largest absolute Gasteiger partial charge is 0.300 e. The van der Waals surface area contributed by atoms with Crippen molar-refractivity contribution in [3.05, 3.63) is 57.0 Å². The maximum atomic E-state index is 11.9. The maximum absolute atomic E-state index is 11.9. The highest BCUT2D eigenvalue weighted by atomic mass is 32.2. The average molecular weight is 310 g/mol. The Balaban J connectivity index is 2.26. The number of hydrogen-bond acceptors (Lipinski definition) is 5. The molecule has 2 aromatic rings. The first-order valence-corrected chi connectivity index (χ1v) is 7.82. The lowest BCUT2D eigenvalue weighted by Gasteiger charge is -2.06. The van der Waals surface area contributed by atoms with Crippen LogP contribution in [0, 0.1) is 22.7 Å². The number of aromatic nitrogens is 2. The predicted octanol–water partition coefficient (Wildman–Crippen LogP) is 2.76. The zero-order chi connectivity index (χ0) is 15.9. The van der Waals surface area contributed by atoms with Gasteiger partial charge >= 0.3 is 0 Å². The highest BCUT2D eigenvalue weighted by Gasteiger charge is 2.11. The van der Waals surface area contributed by atoms with E-state index in [9.17, 15) is 4.79 Å². The van der Waals surface area contributed by atoms with Gasteiger partial charge in [-0.25, -0.2) is 4.98 Å². The molecule has 0 unspecified atom stereocenters. The van der Waals surface area contributed by atoms with E-state index in [0.29, 0.717) is 28.6 Å². The molecule has 0 saturated heterocycles. The summed E-state index contributed by atoms with van der Waals surface area (Å²) < 4.78 is 0. The molecular weight excluding hydrogens is 296 g/mol. The van der Waals surface area contributed by atoms with E-state index in [-0.39, 0.29) is 5.56 Å². The van der Waals surface area contributed by atoms with Crippen LogP contribution in [0.2, 0.25) is 0 Å². The summed E-state index contributed by atoms with van der Waals surface area (Å²) in [5.74, 6) is 0.532. The molecule has 0 radical (unpaired) electrons. The quantitative estimate of drug-likeness (QED) is 0.677. The molecule has 0 amide bonds. The van der Waals surface area contributed by atoms with Crippen molar-refractivity contribution in [1.82, 2.24) is 9.97 Å². The molecule has 1 aromatic carbocycles. The van der Waals surface area contributed by atoms with E-state index in [1.165, 1.54) is 11.8 Å². The van der Waals surface area contributed by atoms with Crippen molar-refractivity contribution in [2.24, 2.45) is 0 Å². The molecule has 110 valence electrons. The molecular formula is C16H14N4OS. The second-order valence-corrected chi connectivity index (χ2v) is 5.58. The van der Waals surface area contributed by atoms with E-state index >= 15 is 0 Å². The first-order valence-electron chi connectivity index (χ1n) is 6.83. The molecule has 1 aromatic heterocycles. The van der Waals surface area contributed by atoms with Crippen LogP contribution in [-0.4, -0.2) is 9.97 Å². The normalized spacial score (nSPS) is 9.95. The summed E-state index contributed by atoms with van der Waals surface area (Å²) >= 11 is 1.35. The second-order valence-electron chi connectivity index (χ2n) is 4.61. The number of aryl methyl sites for hydroxylation is 1. The van der Waals surface area contributed by atoms with Gasteiger partial charge in [-0.15, -0.1) is 0 Å². The Morgan fingerprint density at radius 1 is 1.27 bits per heavy atom. The third kappa shape index (κ3) is 3.55. The summed E-state index contributed by atoms with van der Waals surface area (Å²) in [5, 5.41) is 18.6. The fourth-order valence-corrected chi connectivity index (χ4v) is 2.88. The molecule has 1 heterocycles. The molecule has 22 heavy (non-hydrogen) atoms. The Hall–Kier alpha value is -2.57. The lowest BCUT2D eigenvalue weighted by molar-refractivity contribution is 0.809. The zero-order valence-electron chi connectivity index (χ0n) is 12.1. The van der Waals surface area contributed by atoms with Gasteiger partial charge in [-0.2, -0.15) is 10.5 Å². The number of nitrogens with zero attached hydrogens (tertiary/aromatic N) is 3. The van der Waals surface area contributed by atoms with Crippen LogP contribution in [0.5, 0.6) is 0 Å². The Morgan fingerprint density at radius 2 is 2.05 bits per heavy atom. The summed E-state index contributed by atoms with van der Waals surface area (Å²) in [6.07, 6.45) is 1.40. The molecule has 6 heteroatoms. The van der Waals surface area contributed by atoms with Crippen LogP contribution >= 0.6 is 11.8 Å². The molecule has 0 saturated carbocycles. The van der Waals surface area contributed by atoms with Crippen molar-refractivity contribution in [2.75, 3.05) is 0 Å². The van der Waals surface area contributed by atoms with Crippen LogP contribution in [0.1, 0.15) is 35.7 Å². The topological polar surface area (TPSA) is 93.3 Å². The highest BCUT2D eigenvalue weighted by molar-refractivity contribution is 7.98. The number of nitrogens with one attached hydrogen (secondary N) is 1. The number of aromatic amines is 1. The highest BCUT2D eigenvalue weighted by Crippen LogP contribution is 2.21. The standard InChI is InChI=1S/C16H14N4OS/c1-2-5-14-13(9-18)15(21)20-16(19-14)22-10-12-7-4-3-6-11(12)8-17/h3-4,6-7H,2,5,10H2,1H3,(H,19,20,21). The van der Waals surface area contributed by atoms with Gasteiger partial charge in [-0.05, 0) is 18.1 Å². The first kappa shape index (κ1) is 15.8. The summed E-state index contributed by atoms with van der Waals surface area (Å²) in [6, 6.07) is 11.4. The van der Waals surface area contributed by atoms with E-state index < -0.39 is 5.56 Å². The third-order valence-electron chi connectivity index (χ3n) is 3.07. The van der Waals surface area contributed by atoms with Gasteiger partial charge in [0.25, 0.3) is 5.56 Å². The van der Waals surface area contributed by atoms with Gasteiger partial charge in [-0.1, -0.05) is 43.3 Å². The molecule has 2 rings (SSSR count). The Kier molecular flexibility index (Phi) is 5.35. The molecule has 0 aliphatic rings. The summed E-state index contributed by atoms with van der Waals surface area (Å²) in [5.41, 5.74) is 1.71. The Morgan fingerprint density at radius 3 is 2.73 bits per heavy atom. The average Bonchev–Trinajstić information content (AvgIpc) is 2.53. The van der Waals surface area contributed by atoms with Gasteiger partial charge in [0.15, 0.2) is 5.16 Å². The van der Waals surface area contributed by atoms with Gasteiger partial charge in [0.05, 0.1) is 17.3 Å². The summed E-state index contributed by atoms with van der Waals surface area (Å²) in [6.45, 7) is 1.97. The zero-order valence-corrected chi connectivity index (χ0v) is 12.9. The summed E-state index contributed by atoms with van der Waals surface area (Å²) in [7, 11) is 0. The minimum atomic E-state index is -0.406. The predicted molar refractivity (Wildman–Crippen MR) is 84.3 cm³/mol. The van der Waals surface area contributed by atoms with E-state index in [1.54, 1.807) is 6.07 Å². The molecule has 0 spiro atoms. The van der Waals surface area contributed by atoms with E-state index in [4.69, 9.17) is 10.5 Å². The maximum Gasteiger partial charge on any atom is 0.269 e. The number of nitriles is 2. The van der Waals surface area contributed by atoms with E-state index in [0.717, 1.165) is 12.0 Å². The van der Waals surface area contributed by atoms with Crippen LogP contribution in [0.15, 0.2) is 34.2 Å². The summed E-state index contributed by atoms with van der Waals surface area (Å²) in [4.78, 5) is 18.9. The van der Waals surface area contributed by atoms with E-state index in [1.807, 2.05) is 31.2 Å².